The predicted octanol–water partition coefficient (Wildman–Crippen LogP) is 5.75. The minimum Gasteiger partial charge on any atom is -0.491 e. The summed E-state index contributed by atoms with van der Waals surface area (Å²) in [4.78, 5) is 4.85. The number of halogens is 2. The summed E-state index contributed by atoms with van der Waals surface area (Å²) in [5.74, 6) is -1.19. The molecule has 0 saturated carbocycles. The van der Waals surface area contributed by atoms with E-state index in [1.165, 1.54) is 30.4 Å². The van der Waals surface area contributed by atoms with E-state index in [-0.39, 0.29) is 17.3 Å². The summed E-state index contributed by atoms with van der Waals surface area (Å²) < 4.78 is 33.2. The molecule has 0 aliphatic carbocycles. The van der Waals surface area contributed by atoms with Crippen molar-refractivity contribution in [1.82, 2.24) is 9.80 Å². The third-order valence-corrected chi connectivity index (χ3v) is 5.97. The van der Waals surface area contributed by atoms with Gasteiger partial charge in [0.1, 0.15) is 0 Å². The van der Waals surface area contributed by atoms with Crippen LogP contribution in [0, 0.1) is 11.6 Å². The van der Waals surface area contributed by atoms with Gasteiger partial charge in [0.25, 0.3) is 0 Å². The van der Waals surface area contributed by atoms with Gasteiger partial charge in [-0.2, -0.15) is 0 Å². The summed E-state index contributed by atoms with van der Waals surface area (Å²) in [5.41, 5.74) is 3.37. The van der Waals surface area contributed by atoms with E-state index in [2.05, 4.69) is 68.7 Å². The fourth-order valence-corrected chi connectivity index (χ4v) is 4.55. The Morgan fingerprint density at radius 2 is 1.70 bits per heavy atom. The van der Waals surface area contributed by atoms with Crippen LogP contribution in [0.3, 0.4) is 0 Å². The molecule has 1 aliphatic rings. The Morgan fingerprint density at radius 1 is 1.07 bits per heavy atom. The van der Waals surface area contributed by atoms with Crippen molar-refractivity contribution in [2.75, 3.05) is 26.7 Å². The van der Waals surface area contributed by atoms with Gasteiger partial charge in [-0.05, 0) is 55.5 Å². The standard InChI is InChI=1S/C25H34F2N2O/c1-17(2)19-9-7-8-10-20(19)23-16-28(11-12-29(23)25(3,4)5)15-18-13-21(26)24(30-6)22(27)14-18/h7-10,13-14,17,23H,11-12,15-16H2,1-6H3. The first kappa shape index (κ1) is 22.7. The third kappa shape index (κ3) is 4.84. The highest BCUT2D eigenvalue weighted by molar-refractivity contribution is 5.34. The molecule has 3 rings (SSSR count). The molecule has 0 aromatic heterocycles. The van der Waals surface area contributed by atoms with E-state index in [4.69, 9.17) is 4.74 Å². The van der Waals surface area contributed by atoms with Gasteiger partial charge in [-0.15, -0.1) is 0 Å². The lowest BCUT2D eigenvalue weighted by molar-refractivity contribution is 0.00549. The van der Waals surface area contributed by atoms with Crippen molar-refractivity contribution in [3.05, 3.63) is 64.7 Å². The second kappa shape index (κ2) is 9.03. The molecule has 1 unspecified atom stereocenters. The number of rotatable bonds is 5. The number of nitrogens with zero attached hydrogens (tertiary/aromatic N) is 2. The lowest BCUT2D eigenvalue weighted by atomic mass is 9.88. The lowest BCUT2D eigenvalue weighted by Gasteiger charge is -2.49. The maximum atomic E-state index is 14.2. The van der Waals surface area contributed by atoms with Crippen molar-refractivity contribution < 1.29 is 13.5 Å². The number of piperazine rings is 1. The molecule has 5 heteroatoms. The summed E-state index contributed by atoms with van der Waals surface area (Å²) in [6.07, 6.45) is 0. The Hall–Kier alpha value is -1.98. The Bertz CT molecular complexity index is 853. The van der Waals surface area contributed by atoms with Crippen LogP contribution in [-0.4, -0.2) is 42.1 Å². The number of methoxy groups -OCH3 is 1. The van der Waals surface area contributed by atoms with Crippen molar-refractivity contribution in [2.24, 2.45) is 0 Å². The zero-order valence-electron chi connectivity index (χ0n) is 19.0. The highest BCUT2D eigenvalue weighted by Gasteiger charge is 2.36. The molecule has 1 heterocycles. The van der Waals surface area contributed by atoms with Gasteiger partial charge in [0.2, 0.25) is 0 Å². The average molecular weight is 417 g/mol. The van der Waals surface area contributed by atoms with Crippen LogP contribution < -0.4 is 4.74 Å². The van der Waals surface area contributed by atoms with Gasteiger partial charge in [0, 0.05) is 37.8 Å². The summed E-state index contributed by atoms with van der Waals surface area (Å²) in [6, 6.07) is 11.6. The maximum absolute atomic E-state index is 14.2. The van der Waals surface area contributed by atoms with Crippen LogP contribution in [0.15, 0.2) is 36.4 Å². The molecule has 164 valence electrons. The molecule has 30 heavy (non-hydrogen) atoms. The monoisotopic (exact) mass is 416 g/mol. The number of hydrogen-bond acceptors (Lipinski definition) is 3. The van der Waals surface area contributed by atoms with Crippen LogP contribution in [0.4, 0.5) is 8.78 Å². The fraction of sp³-hybridized carbons (Fsp3) is 0.520. The Kier molecular flexibility index (Phi) is 6.83. The van der Waals surface area contributed by atoms with Crippen molar-refractivity contribution in [3.8, 4) is 5.75 Å². The second-order valence-electron chi connectivity index (χ2n) is 9.49. The first-order chi connectivity index (χ1) is 14.1. The molecule has 0 N–H and O–H groups in total. The summed E-state index contributed by atoms with van der Waals surface area (Å²) >= 11 is 0. The van der Waals surface area contributed by atoms with E-state index in [1.807, 2.05) is 0 Å². The minimum absolute atomic E-state index is 0.0270. The summed E-state index contributed by atoms with van der Waals surface area (Å²) in [5, 5.41) is 0. The summed E-state index contributed by atoms with van der Waals surface area (Å²) in [7, 11) is 1.28. The molecule has 0 radical (unpaired) electrons. The highest BCUT2D eigenvalue weighted by atomic mass is 19.1. The Morgan fingerprint density at radius 3 is 2.27 bits per heavy atom. The van der Waals surface area contributed by atoms with E-state index in [0.717, 1.165) is 19.6 Å². The van der Waals surface area contributed by atoms with Gasteiger partial charge in [0.15, 0.2) is 17.4 Å². The highest BCUT2D eigenvalue weighted by Crippen LogP contribution is 2.36. The van der Waals surface area contributed by atoms with Gasteiger partial charge in [0.05, 0.1) is 7.11 Å². The van der Waals surface area contributed by atoms with Crippen molar-refractivity contribution in [1.29, 1.82) is 0 Å². The molecular weight excluding hydrogens is 382 g/mol. The largest absolute Gasteiger partial charge is 0.491 e. The Labute approximate surface area is 179 Å². The Balaban J connectivity index is 1.89. The molecule has 3 nitrogen and oxygen atoms in total. The summed E-state index contributed by atoms with van der Waals surface area (Å²) in [6.45, 7) is 14.3. The molecular formula is C25H34F2N2O. The number of hydrogen-bond donors (Lipinski definition) is 0. The van der Waals surface area contributed by atoms with Crippen LogP contribution in [-0.2, 0) is 6.54 Å². The van der Waals surface area contributed by atoms with E-state index >= 15 is 0 Å². The quantitative estimate of drug-likeness (QED) is 0.617. The zero-order chi connectivity index (χ0) is 22.1. The lowest BCUT2D eigenvalue weighted by Crippen LogP contribution is -2.55. The topological polar surface area (TPSA) is 15.7 Å². The third-order valence-electron chi connectivity index (χ3n) is 5.97. The molecule has 1 aliphatic heterocycles. The molecule has 2 aromatic rings. The first-order valence-corrected chi connectivity index (χ1v) is 10.7. The molecule has 1 atom stereocenters. The van der Waals surface area contributed by atoms with Gasteiger partial charge in [-0.3, -0.25) is 9.80 Å². The van der Waals surface area contributed by atoms with Crippen LogP contribution in [0.2, 0.25) is 0 Å². The van der Waals surface area contributed by atoms with Crippen LogP contribution in [0.25, 0.3) is 0 Å². The molecule has 0 spiro atoms. The number of benzene rings is 2. The normalized spacial score (nSPS) is 18.8. The molecule has 0 bridgehead atoms. The fourth-order valence-electron chi connectivity index (χ4n) is 4.55. The van der Waals surface area contributed by atoms with Crippen molar-refractivity contribution in [3.63, 3.8) is 0 Å². The predicted molar refractivity (Wildman–Crippen MR) is 118 cm³/mol. The molecule has 1 saturated heterocycles. The number of ether oxygens (including phenoxy) is 1. The van der Waals surface area contributed by atoms with Gasteiger partial charge in [-0.25, -0.2) is 8.78 Å². The van der Waals surface area contributed by atoms with E-state index in [1.54, 1.807) is 0 Å². The SMILES string of the molecule is COc1c(F)cc(CN2CCN(C(C)(C)C)C(c3ccccc3C(C)C)C2)cc1F. The van der Waals surface area contributed by atoms with E-state index < -0.39 is 11.6 Å². The molecule has 1 fully saturated rings. The van der Waals surface area contributed by atoms with Gasteiger partial charge < -0.3 is 4.74 Å². The smallest absolute Gasteiger partial charge is 0.190 e. The van der Waals surface area contributed by atoms with Crippen LogP contribution in [0.5, 0.6) is 5.75 Å². The van der Waals surface area contributed by atoms with E-state index in [0.29, 0.717) is 18.0 Å². The zero-order valence-corrected chi connectivity index (χ0v) is 19.0. The molecule has 0 amide bonds. The molecule has 2 aromatic carbocycles. The van der Waals surface area contributed by atoms with Gasteiger partial charge >= 0.3 is 0 Å². The van der Waals surface area contributed by atoms with E-state index in [9.17, 15) is 8.78 Å². The maximum Gasteiger partial charge on any atom is 0.190 e. The minimum atomic E-state index is -0.650. The van der Waals surface area contributed by atoms with Crippen LogP contribution in [0.1, 0.15) is 63.3 Å². The van der Waals surface area contributed by atoms with Crippen molar-refractivity contribution >= 4 is 0 Å². The average Bonchev–Trinajstić information content (AvgIpc) is 2.67. The van der Waals surface area contributed by atoms with Gasteiger partial charge in [-0.1, -0.05) is 38.1 Å². The first-order valence-electron chi connectivity index (χ1n) is 10.7. The van der Waals surface area contributed by atoms with Crippen molar-refractivity contribution in [2.45, 2.75) is 58.7 Å². The van der Waals surface area contributed by atoms with Crippen LogP contribution >= 0.6 is 0 Å². The second-order valence-corrected chi connectivity index (χ2v) is 9.49.